The predicted molar refractivity (Wildman–Crippen MR) is 78.7 cm³/mol. The van der Waals surface area contributed by atoms with Gasteiger partial charge in [-0.05, 0) is 40.8 Å². The molecule has 1 saturated carbocycles. The van der Waals surface area contributed by atoms with E-state index in [1.807, 2.05) is 0 Å². The van der Waals surface area contributed by atoms with Crippen LogP contribution in [0.25, 0.3) is 0 Å². The zero-order valence-corrected chi connectivity index (χ0v) is 12.5. The summed E-state index contributed by atoms with van der Waals surface area (Å²) in [6, 6.07) is 2.64. The van der Waals surface area contributed by atoms with E-state index in [0.29, 0.717) is 17.1 Å². The van der Waals surface area contributed by atoms with Crippen LogP contribution in [0, 0.1) is 17.6 Å². The van der Waals surface area contributed by atoms with Gasteiger partial charge in [0.15, 0.2) is 5.17 Å². The Balaban J connectivity index is 1.80. The quantitative estimate of drug-likeness (QED) is 0.761. The van der Waals surface area contributed by atoms with E-state index in [0.717, 1.165) is 24.3 Å². The Kier molecular flexibility index (Phi) is 3.80. The van der Waals surface area contributed by atoms with Gasteiger partial charge < -0.3 is 5.32 Å². The largest absolute Gasteiger partial charge is 0.332 e. The third kappa shape index (κ3) is 2.79. The molecule has 1 aromatic carbocycles. The molecule has 2 nitrogen and oxygen atoms in total. The lowest BCUT2D eigenvalue weighted by Gasteiger charge is -2.23. The van der Waals surface area contributed by atoms with Crippen LogP contribution >= 0.6 is 27.7 Å². The smallest absolute Gasteiger partial charge is 0.161 e. The first-order valence-corrected chi connectivity index (χ1v) is 8.03. The predicted octanol–water partition coefficient (Wildman–Crippen LogP) is 4.41. The third-order valence-corrected chi connectivity index (χ3v) is 5.27. The van der Waals surface area contributed by atoms with Gasteiger partial charge in [-0.2, -0.15) is 0 Å². The summed E-state index contributed by atoms with van der Waals surface area (Å²) < 4.78 is 27.3. The van der Waals surface area contributed by atoms with Gasteiger partial charge in [0, 0.05) is 11.8 Å². The van der Waals surface area contributed by atoms with Gasteiger partial charge in [0.05, 0.1) is 16.2 Å². The number of thioether (sulfide) groups is 1. The van der Waals surface area contributed by atoms with Crippen LogP contribution in [-0.2, 0) is 0 Å². The van der Waals surface area contributed by atoms with Crippen LogP contribution in [0.5, 0.6) is 0 Å². The molecule has 1 N–H and O–H groups in total. The number of rotatable bonds is 1. The van der Waals surface area contributed by atoms with Crippen molar-refractivity contribution >= 4 is 38.5 Å². The van der Waals surface area contributed by atoms with Crippen molar-refractivity contribution in [3.63, 3.8) is 0 Å². The van der Waals surface area contributed by atoms with Gasteiger partial charge in [0.1, 0.15) is 11.6 Å². The first kappa shape index (κ1) is 13.4. The molecule has 0 radical (unpaired) electrons. The summed E-state index contributed by atoms with van der Waals surface area (Å²) in [5.41, 5.74) is 0.142. The van der Waals surface area contributed by atoms with Crippen molar-refractivity contribution in [2.24, 2.45) is 10.9 Å². The summed E-state index contributed by atoms with van der Waals surface area (Å²) in [5.74, 6) is 0.702. The molecule has 3 rings (SSSR count). The Labute approximate surface area is 123 Å². The fourth-order valence-electron chi connectivity index (χ4n) is 2.56. The number of hydrogen-bond donors (Lipinski definition) is 1. The molecule has 2 aliphatic rings. The maximum atomic E-state index is 13.7. The van der Waals surface area contributed by atoms with E-state index in [-0.39, 0.29) is 10.2 Å². The molecule has 0 bridgehead atoms. The zero-order valence-electron chi connectivity index (χ0n) is 10.1. The van der Waals surface area contributed by atoms with Crippen molar-refractivity contribution < 1.29 is 8.78 Å². The molecule has 0 saturated heterocycles. The number of nitrogens with one attached hydrogen (secondary N) is 1. The van der Waals surface area contributed by atoms with Gasteiger partial charge in [0.2, 0.25) is 0 Å². The highest BCUT2D eigenvalue weighted by atomic mass is 79.9. The average Bonchev–Trinajstić information content (AvgIpc) is 2.83. The second-order valence-electron chi connectivity index (χ2n) is 4.87. The zero-order chi connectivity index (χ0) is 13.4. The summed E-state index contributed by atoms with van der Waals surface area (Å²) in [4.78, 5) is 4.60. The molecule has 0 amide bonds. The number of halogens is 3. The van der Waals surface area contributed by atoms with Gasteiger partial charge in [-0.3, -0.25) is 4.99 Å². The van der Waals surface area contributed by atoms with Crippen LogP contribution in [-0.4, -0.2) is 17.0 Å². The van der Waals surface area contributed by atoms with Crippen molar-refractivity contribution in [3.05, 3.63) is 28.2 Å². The van der Waals surface area contributed by atoms with Crippen LogP contribution in [0.3, 0.4) is 0 Å². The minimum absolute atomic E-state index is 0.129. The molecule has 1 aliphatic heterocycles. The molecule has 1 heterocycles. The number of anilines is 1. The molecular weight excluding hydrogens is 334 g/mol. The summed E-state index contributed by atoms with van der Waals surface area (Å²) in [6.07, 6.45) is 3.55. The number of hydrogen-bond acceptors (Lipinski definition) is 3. The molecule has 102 valence electrons. The number of aliphatic imine (C=N–C) groups is 1. The molecule has 0 spiro atoms. The van der Waals surface area contributed by atoms with E-state index in [1.165, 1.54) is 12.8 Å². The molecule has 1 fully saturated rings. The summed E-state index contributed by atoms with van der Waals surface area (Å²) in [6.45, 7) is 0. The van der Waals surface area contributed by atoms with Crippen LogP contribution < -0.4 is 5.32 Å². The van der Waals surface area contributed by atoms with Crippen LogP contribution in [0.4, 0.5) is 14.5 Å². The SMILES string of the molecule is Fc1cc(NC2=NC3CCCC3CS2)c(F)cc1Br. The molecule has 0 aromatic heterocycles. The first-order chi connectivity index (χ1) is 9.13. The molecule has 1 aromatic rings. The normalized spacial score (nSPS) is 25.9. The Hall–Kier alpha value is -0.620. The van der Waals surface area contributed by atoms with Crippen LogP contribution in [0.1, 0.15) is 19.3 Å². The lowest BCUT2D eigenvalue weighted by Crippen LogP contribution is -2.25. The minimum Gasteiger partial charge on any atom is -0.332 e. The number of fused-ring (bicyclic) bond motifs is 1. The molecule has 2 unspecified atom stereocenters. The summed E-state index contributed by atoms with van der Waals surface area (Å²) in [5, 5.41) is 3.60. The monoisotopic (exact) mass is 346 g/mol. The second kappa shape index (κ2) is 5.40. The summed E-state index contributed by atoms with van der Waals surface area (Å²) in [7, 11) is 0. The van der Waals surface area contributed by atoms with Crippen molar-refractivity contribution in [1.82, 2.24) is 0 Å². The van der Waals surface area contributed by atoms with E-state index < -0.39 is 11.6 Å². The molecule has 2 atom stereocenters. The fraction of sp³-hybridized carbons (Fsp3) is 0.462. The third-order valence-electron chi connectivity index (χ3n) is 3.59. The lowest BCUT2D eigenvalue weighted by molar-refractivity contribution is 0.535. The van der Waals surface area contributed by atoms with Crippen molar-refractivity contribution in [3.8, 4) is 0 Å². The highest BCUT2D eigenvalue weighted by Gasteiger charge is 2.31. The maximum absolute atomic E-state index is 13.7. The standard InChI is InChI=1S/C13H13BrF2N2S/c14-8-4-10(16)12(5-9(8)15)18-13-17-11-3-1-2-7(11)6-19-13/h4-5,7,11H,1-3,6H2,(H,17,18). The van der Waals surface area contributed by atoms with Crippen molar-refractivity contribution in [2.45, 2.75) is 25.3 Å². The molecule has 1 aliphatic carbocycles. The molecule has 6 heteroatoms. The van der Waals surface area contributed by atoms with E-state index >= 15 is 0 Å². The Morgan fingerprint density at radius 2 is 2.11 bits per heavy atom. The van der Waals surface area contributed by atoms with Crippen LogP contribution in [0.15, 0.2) is 21.6 Å². The van der Waals surface area contributed by atoms with Gasteiger partial charge in [-0.1, -0.05) is 18.2 Å². The lowest BCUT2D eigenvalue weighted by atomic mass is 10.1. The highest BCUT2D eigenvalue weighted by Crippen LogP contribution is 2.36. The van der Waals surface area contributed by atoms with Gasteiger partial charge in [-0.15, -0.1) is 0 Å². The molecular formula is C13H13BrF2N2S. The average molecular weight is 347 g/mol. The first-order valence-electron chi connectivity index (χ1n) is 6.25. The maximum Gasteiger partial charge on any atom is 0.161 e. The number of amidine groups is 1. The van der Waals surface area contributed by atoms with Crippen LogP contribution in [0.2, 0.25) is 0 Å². The topological polar surface area (TPSA) is 24.4 Å². The highest BCUT2D eigenvalue weighted by molar-refractivity contribution is 9.10. The van der Waals surface area contributed by atoms with E-state index in [4.69, 9.17) is 0 Å². The minimum atomic E-state index is -0.482. The second-order valence-corrected chi connectivity index (χ2v) is 6.74. The van der Waals surface area contributed by atoms with E-state index in [1.54, 1.807) is 11.8 Å². The Bertz CT molecular complexity index is 536. The Morgan fingerprint density at radius 1 is 1.26 bits per heavy atom. The van der Waals surface area contributed by atoms with Gasteiger partial charge in [-0.25, -0.2) is 8.78 Å². The fourth-order valence-corrected chi connectivity index (χ4v) is 4.03. The van der Waals surface area contributed by atoms with Gasteiger partial charge >= 0.3 is 0 Å². The van der Waals surface area contributed by atoms with E-state index in [9.17, 15) is 8.78 Å². The number of benzene rings is 1. The van der Waals surface area contributed by atoms with Crippen molar-refractivity contribution in [1.29, 1.82) is 0 Å². The van der Waals surface area contributed by atoms with E-state index in [2.05, 4.69) is 26.2 Å². The van der Waals surface area contributed by atoms with Crippen molar-refractivity contribution in [2.75, 3.05) is 11.1 Å². The summed E-state index contributed by atoms with van der Waals surface area (Å²) >= 11 is 4.56. The van der Waals surface area contributed by atoms with Gasteiger partial charge in [0.25, 0.3) is 0 Å². The number of nitrogens with zero attached hydrogens (tertiary/aromatic N) is 1. The molecule has 19 heavy (non-hydrogen) atoms. The Morgan fingerprint density at radius 3 is 2.95 bits per heavy atom.